The van der Waals surface area contributed by atoms with Crippen LogP contribution in [-0.2, 0) is 7.05 Å². The van der Waals surface area contributed by atoms with E-state index in [-0.39, 0.29) is 0 Å². The number of aryl methyl sites for hydroxylation is 1. The molecule has 0 spiro atoms. The van der Waals surface area contributed by atoms with Gasteiger partial charge in [0.15, 0.2) is 11.6 Å². The van der Waals surface area contributed by atoms with Crippen LogP contribution in [-0.4, -0.2) is 4.57 Å². The fourth-order valence-corrected chi connectivity index (χ4v) is 1.31. The van der Waals surface area contributed by atoms with Gasteiger partial charge < -0.3 is 4.57 Å². The van der Waals surface area contributed by atoms with Gasteiger partial charge in [0.25, 0.3) is 0 Å². The van der Waals surface area contributed by atoms with E-state index in [0.717, 1.165) is 11.5 Å². The summed E-state index contributed by atoms with van der Waals surface area (Å²) >= 11 is 0. The lowest BCUT2D eigenvalue weighted by molar-refractivity contribution is 0.513. The van der Waals surface area contributed by atoms with Crippen molar-refractivity contribution in [2.75, 3.05) is 0 Å². The highest BCUT2D eigenvalue weighted by Crippen LogP contribution is 2.20. The number of aromatic nitrogens is 1. The molecular formula is C9H7F2N. The lowest BCUT2D eigenvalue weighted by Crippen LogP contribution is -1.91. The van der Waals surface area contributed by atoms with E-state index in [1.807, 2.05) is 0 Å². The molecule has 0 atom stereocenters. The molecule has 1 nitrogen and oxygen atoms in total. The summed E-state index contributed by atoms with van der Waals surface area (Å²) in [6, 6.07) is 4.45. The molecule has 3 heteroatoms. The largest absolute Gasteiger partial charge is 0.348 e. The van der Waals surface area contributed by atoms with Gasteiger partial charge in [0, 0.05) is 18.6 Å². The molecule has 62 valence electrons. The van der Waals surface area contributed by atoms with Gasteiger partial charge >= 0.3 is 0 Å². The van der Waals surface area contributed by atoms with Gasteiger partial charge in [-0.15, -0.1) is 0 Å². The second kappa shape index (κ2) is 2.30. The first kappa shape index (κ1) is 7.28. The SMILES string of the molecule is Cn1ccc2ccc(F)c(F)c21. The van der Waals surface area contributed by atoms with E-state index in [1.165, 1.54) is 0 Å². The van der Waals surface area contributed by atoms with E-state index in [2.05, 4.69) is 0 Å². The van der Waals surface area contributed by atoms with Crippen LogP contribution in [0.2, 0.25) is 0 Å². The maximum atomic E-state index is 13.1. The zero-order valence-electron chi connectivity index (χ0n) is 6.51. The Labute approximate surface area is 68.2 Å². The number of fused-ring (bicyclic) bond motifs is 1. The normalized spacial score (nSPS) is 10.9. The molecule has 0 radical (unpaired) electrons. The maximum absolute atomic E-state index is 13.1. The summed E-state index contributed by atoms with van der Waals surface area (Å²) in [7, 11) is 1.69. The summed E-state index contributed by atoms with van der Waals surface area (Å²) in [5.41, 5.74) is 0.315. The lowest BCUT2D eigenvalue weighted by Gasteiger charge is -1.98. The Balaban J connectivity index is 2.96. The minimum Gasteiger partial charge on any atom is -0.348 e. The van der Waals surface area contributed by atoms with Crippen molar-refractivity contribution in [3.05, 3.63) is 36.0 Å². The summed E-state index contributed by atoms with van der Waals surface area (Å²) in [6.45, 7) is 0. The molecule has 0 bridgehead atoms. The third-order valence-corrected chi connectivity index (χ3v) is 1.93. The van der Waals surface area contributed by atoms with Gasteiger partial charge in [0.1, 0.15) is 0 Å². The first-order valence-electron chi connectivity index (χ1n) is 3.59. The molecule has 0 aliphatic heterocycles. The number of nitrogens with zero attached hydrogens (tertiary/aromatic N) is 1. The third-order valence-electron chi connectivity index (χ3n) is 1.93. The van der Waals surface area contributed by atoms with Gasteiger partial charge in [-0.05, 0) is 18.2 Å². The van der Waals surface area contributed by atoms with Gasteiger partial charge in [-0.1, -0.05) is 0 Å². The number of rotatable bonds is 0. The summed E-state index contributed by atoms with van der Waals surface area (Å²) in [5.74, 6) is -1.58. The van der Waals surface area contributed by atoms with Crippen molar-refractivity contribution in [1.29, 1.82) is 0 Å². The van der Waals surface area contributed by atoms with E-state index in [4.69, 9.17) is 0 Å². The Morgan fingerprint density at radius 3 is 2.67 bits per heavy atom. The number of hydrogen-bond acceptors (Lipinski definition) is 0. The summed E-state index contributed by atoms with van der Waals surface area (Å²) in [6.07, 6.45) is 1.70. The van der Waals surface area contributed by atoms with Crippen LogP contribution in [0, 0.1) is 11.6 Å². The molecule has 2 rings (SSSR count). The fourth-order valence-electron chi connectivity index (χ4n) is 1.31. The highest BCUT2D eigenvalue weighted by molar-refractivity contribution is 5.80. The highest BCUT2D eigenvalue weighted by Gasteiger charge is 2.08. The standard InChI is InChI=1S/C9H7F2N/c1-12-5-4-6-2-3-7(10)8(11)9(6)12/h2-5H,1H3. The molecule has 1 aromatic carbocycles. The molecule has 12 heavy (non-hydrogen) atoms. The van der Waals surface area contributed by atoms with E-state index < -0.39 is 11.6 Å². The maximum Gasteiger partial charge on any atom is 0.183 e. The van der Waals surface area contributed by atoms with Crippen molar-refractivity contribution >= 4 is 10.9 Å². The van der Waals surface area contributed by atoms with Crippen molar-refractivity contribution in [2.24, 2.45) is 7.05 Å². The molecule has 0 aliphatic rings. The average Bonchev–Trinajstić information content (AvgIpc) is 2.41. The van der Waals surface area contributed by atoms with E-state index >= 15 is 0 Å². The highest BCUT2D eigenvalue weighted by atomic mass is 19.2. The smallest absolute Gasteiger partial charge is 0.183 e. The zero-order chi connectivity index (χ0) is 8.72. The van der Waals surface area contributed by atoms with Gasteiger partial charge in [0.05, 0.1) is 5.52 Å². The van der Waals surface area contributed by atoms with Crippen LogP contribution >= 0.6 is 0 Å². The number of benzene rings is 1. The molecule has 0 saturated carbocycles. The Hall–Kier alpha value is -1.38. The molecule has 0 fully saturated rings. The minimum atomic E-state index is -0.802. The van der Waals surface area contributed by atoms with E-state index in [1.54, 1.807) is 29.9 Å². The van der Waals surface area contributed by atoms with Crippen LogP contribution in [0.4, 0.5) is 8.78 Å². The molecule has 0 N–H and O–H groups in total. The molecule has 1 heterocycles. The summed E-state index contributed by atoms with van der Waals surface area (Å²) < 4.78 is 27.4. The van der Waals surface area contributed by atoms with Gasteiger partial charge in [-0.25, -0.2) is 8.78 Å². The van der Waals surface area contributed by atoms with Gasteiger partial charge in [0.2, 0.25) is 0 Å². The molecule has 0 amide bonds. The van der Waals surface area contributed by atoms with Crippen LogP contribution in [0.25, 0.3) is 10.9 Å². The fraction of sp³-hybridized carbons (Fsp3) is 0.111. The van der Waals surface area contributed by atoms with Gasteiger partial charge in [-0.3, -0.25) is 0 Å². The molecule has 0 aliphatic carbocycles. The first-order chi connectivity index (χ1) is 5.70. The molecule has 0 saturated heterocycles. The predicted molar refractivity (Wildman–Crippen MR) is 42.8 cm³/mol. The quantitative estimate of drug-likeness (QED) is 0.568. The Kier molecular flexibility index (Phi) is 1.40. The van der Waals surface area contributed by atoms with Crippen LogP contribution in [0.1, 0.15) is 0 Å². The van der Waals surface area contributed by atoms with Crippen molar-refractivity contribution in [3.8, 4) is 0 Å². The van der Waals surface area contributed by atoms with Crippen molar-refractivity contribution in [2.45, 2.75) is 0 Å². The van der Waals surface area contributed by atoms with Crippen LogP contribution in [0.5, 0.6) is 0 Å². The summed E-state index contributed by atoms with van der Waals surface area (Å²) in [5, 5.41) is 0.719. The van der Waals surface area contributed by atoms with Crippen molar-refractivity contribution in [1.82, 2.24) is 4.57 Å². The van der Waals surface area contributed by atoms with Gasteiger partial charge in [-0.2, -0.15) is 0 Å². The first-order valence-corrected chi connectivity index (χ1v) is 3.59. The Morgan fingerprint density at radius 1 is 1.17 bits per heavy atom. The monoisotopic (exact) mass is 167 g/mol. The molecule has 1 aromatic heterocycles. The van der Waals surface area contributed by atoms with E-state index in [0.29, 0.717) is 5.52 Å². The van der Waals surface area contributed by atoms with Crippen molar-refractivity contribution in [3.63, 3.8) is 0 Å². The Morgan fingerprint density at radius 2 is 1.92 bits per heavy atom. The second-order valence-corrected chi connectivity index (χ2v) is 2.73. The molecule has 0 unspecified atom stereocenters. The topological polar surface area (TPSA) is 4.93 Å². The lowest BCUT2D eigenvalue weighted by atomic mass is 10.2. The molecular weight excluding hydrogens is 160 g/mol. The van der Waals surface area contributed by atoms with E-state index in [9.17, 15) is 8.78 Å². The zero-order valence-corrected chi connectivity index (χ0v) is 6.51. The van der Waals surface area contributed by atoms with Crippen molar-refractivity contribution < 1.29 is 8.78 Å². The number of halogens is 2. The minimum absolute atomic E-state index is 0.315. The van der Waals surface area contributed by atoms with Crippen LogP contribution in [0.15, 0.2) is 24.4 Å². The summed E-state index contributed by atoms with van der Waals surface area (Å²) in [4.78, 5) is 0. The Bertz CT molecular complexity index is 431. The molecule has 2 aromatic rings. The van der Waals surface area contributed by atoms with Crippen LogP contribution < -0.4 is 0 Å². The van der Waals surface area contributed by atoms with Crippen LogP contribution in [0.3, 0.4) is 0 Å². The predicted octanol–water partition coefficient (Wildman–Crippen LogP) is 2.46. The second-order valence-electron chi connectivity index (χ2n) is 2.73. The number of hydrogen-bond donors (Lipinski definition) is 0. The average molecular weight is 167 g/mol. The third kappa shape index (κ3) is 0.826.